The van der Waals surface area contributed by atoms with Gasteiger partial charge in [-0.2, -0.15) is 13.2 Å². The first-order valence-electron chi connectivity index (χ1n) is 9.39. The number of rotatable bonds is 6. The zero-order chi connectivity index (χ0) is 22.3. The summed E-state index contributed by atoms with van der Waals surface area (Å²) in [5, 5.41) is 0.428. The molecule has 1 aliphatic carbocycles. The van der Waals surface area contributed by atoms with E-state index in [4.69, 9.17) is 11.6 Å². The molecule has 0 bridgehead atoms. The van der Waals surface area contributed by atoms with Gasteiger partial charge in [-0.05, 0) is 68.9 Å². The number of carbonyl (C=O) groups is 1. The third kappa shape index (κ3) is 4.39. The van der Waals surface area contributed by atoms with Crippen LogP contribution in [0.2, 0.25) is 5.02 Å². The predicted octanol–water partition coefficient (Wildman–Crippen LogP) is 5.61. The summed E-state index contributed by atoms with van der Waals surface area (Å²) in [4.78, 5) is 16.0. The van der Waals surface area contributed by atoms with Gasteiger partial charge in [0.25, 0.3) is 0 Å². The van der Waals surface area contributed by atoms with Crippen molar-refractivity contribution in [3.63, 3.8) is 0 Å². The molecule has 1 aromatic heterocycles. The number of nitrogens with zero attached hydrogens (tertiary/aromatic N) is 1. The van der Waals surface area contributed by atoms with Crippen LogP contribution in [0.4, 0.5) is 13.2 Å². The van der Waals surface area contributed by atoms with Gasteiger partial charge in [0.1, 0.15) is 5.69 Å². The Labute approximate surface area is 178 Å². The summed E-state index contributed by atoms with van der Waals surface area (Å²) in [7, 11) is -4.00. The summed E-state index contributed by atoms with van der Waals surface area (Å²) in [6, 6.07) is 6.95. The van der Waals surface area contributed by atoms with Crippen LogP contribution in [0.1, 0.15) is 49.2 Å². The van der Waals surface area contributed by atoms with Crippen LogP contribution in [0.15, 0.2) is 47.5 Å². The van der Waals surface area contributed by atoms with E-state index in [1.165, 1.54) is 26.1 Å². The van der Waals surface area contributed by atoms with Crippen molar-refractivity contribution in [3.05, 3.63) is 58.9 Å². The van der Waals surface area contributed by atoms with Crippen LogP contribution in [0.5, 0.6) is 0 Å². The van der Waals surface area contributed by atoms with E-state index < -0.39 is 26.3 Å². The summed E-state index contributed by atoms with van der Waals surface area (Å²) in [6.45, 7) is 3.07. The van der Waals surface area contributed by atoms with Crippen LogP contribution in [-0.4, -0.2) is 23.9 Å². The van der Waals surface area contributed by atoms with Gasteiger partial charge in [-0.1, -0.05) is 17.7 Å². The van der Waals surface area contributed by atoms with Crippen LogP contribution >= 0.6 is 11.6 Å². The molecule has 3 rings (SSSR count). The minimum absolute atomic E-state index is 0.0102. The molecular weight excluding hydrogens is 439 g/mol. The largest absolute Gasteiger partial charge is 0.416 e. The molecule has 162 valence electrons. The molecular formula is C21H21ClF3NO3S. The van der Waals surface area contributed by atoms with Gasteiger partial charge in [-0.25, -0.2) is 8.42 Å². The first-order chi connectivity index (χ1) is 13.8. The standard InChI is InChI=1S/C21H21ClF3NO3S/c1-20(2,30(28,29)17-5-3-4-14(11-17)21(23,24)25)15-8-13(9-15)10-19(27)18-7-6-16(22)12-26-18/h3-7,11-13,15H,8-10H2,1-2H3. The zero-order valence-corrected chi connectivity index (χ0v) is 18.0. The summed E-state index contributed by atoms with van der Waals surface area (Å²) in [6.07, 6.45) is -1.98. The fraction of sp³-hybridized carbons (Fsp3) is 0.429. The molecule has 0 saturated heterocycles. The summed E-state index contributed by atoms with van der Waals surface area (Å²) >= 11 is 5.76. The Morgan fingerprint density at radius 2 is 1.83 bits per heavy atom. The van der Waals surface area contributed by atoms with Crippen molar-refractivity contribution in [1.29, 1.82) is 0 Å². The molecule has 1 saturated carbocycles. The number of pyridine rings is 1. The van der Waals surface area contributed by atoms with Gasteiger partial charge < -0.3 is 0 Å². The van der Waals surface area contributed by atoms with E-state index in [1.54, 1.807) is 12.1 Å². The van der Waals surface area contributed by atoms with Crippen molar-refractivity contribution in [3.8, 4) is 0 Å². The van der Waals surface area contributed by atoms with Crippen molar-refractivity contribution in [2.24, 2.45) is 11.8 Å². The van der Waals surface area contributed by atoms with Crippen molar-refractivity contribution in [1.82, 2.24) is 4.98 Å². The van der Waals surface area contributed by atoms with E-state index in [9.17, 15) is 26.4 Å². The molecule has 1 aromatic carbocycles. The van der Waals surface area contributed by atoms with Gasteiger partial charge in [-0.15, -0.1) is 0 Å². The highest BCUT2D eigenvalue weighted by molar-refractivity contribution is 7.92. The number of alkyl halides is 3. The number of benzene rings is 1. The molecule has 0 radical (unpaired) electrons. The maximum Gasteiger partial charge on any atom is 0.416 e. The van der Waals surface area contributed by atoms with Gasteiger partial charge in [0.05, 0.1) is 20.2 Å². The Hall–Kier alpha value is -1.93. The average molecular weight is 460 g/mol. The number of sulfone groups is 1. The van der Waals surface area contributed by atoms with Gasteiger partial charge in [0, 0.05) is 12.6 Å². The molecule has 0 amide bonds. The van der Waals surface area contributed by atoms with E-state index in [0.29, 0.717) is 29.6 Å². The first kappa shape index (κ1) is 22.7. The van der Waals surface area contributed by atoms with Gasteiger partial charge >= 0.3 is 6.18 Å². The Balaban J connectivity index is 1.69. The summed E-state index contributed by atoms with van der Waals surface area (Å²) in [5.41, 5.74) is -0.689. The number of aromatic nitrogens is 1. The van der Waals surface area contributed by atoms with E-state index in [0.717, 1.165) is 12.1 Å². The van der Waals surface area contributed by atoms with E-state index in [-0.39, 0.29) is 28.9 Å². The Kier molecular flexibility index (Phi) is 6.04. The quantitative estimate of drug-likeness (QED) is 0.527. The van der Waals surface area contributed by atoms with Crippen molar-refractivity contribution < 1.29 is 26.4 Å². The molecule has 9 heteroatoms. The number of halogens is 4. The second kappa shape index (κ2) is 7.96. The van der Waals surface area contributed by atoms with Crippen molar-refractivity contribution >= 4 is 27.2 Å². The fourth-order valence-corrected chi connectivity index (χ4v) is 5.63. The van der Waals surface area contributed by atoms with Crippen molar-refractivity contribution in [2.75, 3.05) is 0 Å². The smallest absolute Gasteiger partial charge is 0.292 e. The minimum atomic E-state index is -4.62. The van der Waals surface area contributed by atoms with Gasteiger partial charge in [-0.3, -0.25) is 9.78 Å². The number of carbonyl (C=O) groups excluding carboxylic acids is 1. The van der Waals surface area contributed by atoms with Gasteiger partial charge in [0.2, 0.25) is 0 Å². The van der Waals surface area contributed by atoms with E-state index in [1.807, 2.05) is 0 Å². The molecule has 1 heterocycles. The highest BCUT2D eigenvalue weighted by Gasteiger charge is 2.49. The lowest BCUT2D eigenvalue weighted by Gasteiger charge is -2.44. The maximum absolute atomic E-state index is 13.1. The SMILES string of the molecule is CC(C)(C1CC(CC(=O)c2ccc(Cl)cn2)C1)S(=O)(=O)c1cccc(C(F)(F)F)c1. The number of ketones is 1. The summed E-state index contributed by atoms with van der Waals surface area (Å²) < 4.78 is 63.9. The van der Waals surface area contributed by atoms with Crippen LogP contribution in [0.3, 0.4) is 0 Å². The Bertz CT molecular complexity index is 1040. The Morgan fingerprint density at radius 3 is 2.40 bits per heavy atom. The van der Waals surface area contributed by atoms with E-state index in [2.05, 4.69) is 4.98 Å². The first-order valence-corrected chi connectivity index (χ1v) is 11.2. The second-order valence-electron chi connectivity index (χ2n) is 8.16. The third-order valence-corrected chi connectivity index (χ3v) is 8.69. The summed E-state index contributed by atoms with van der Waals surface area (Å²) in [5.74, 6) is -0.391. The molecule has 30 heavy (non-hydrogen) atoms. The number of Topliss-reactive ketones (excluding diaryl/α,β-unsaturated/α-hetero) is 1. The molecule has 0 aliphatic heterocycles. The number of hydrogen-bond acceptors (Lipinski definition) is 4. The molecule has 0 unspecified atom stereocenters. The fourth-order valence-electron chi connectivity index (χ4n) is 3.74. The Morgan fingerprint density at radius 1 is 1.17 bits per heavy atom. The molecule has 0 atom stereocenters. The highest BCUT2D eigenvalue weighted by atomic mass is 35.5. The second-order valence-corrected chi connectivity index (χ2v) is 11.1. The molecule has 0 N–H and O–H groups in total. The van der Waals surface area contributed by atoms with Crippen LogP contribution in [0.25, 0.3) is 0 Å². The monoisotopic (exact) mass is 459 g/mol. The molecule has 2 aromatic rings. The lowest BCUT2D eigenvalue weighted by molar-refractivity contribution is -0.137. The van der Waals surface area contributed by atoms with E-state index >= 15 is 0 Å². The normalized spacial score (nSPS) is 19.9. The zero-order valence-electron chi connectivity index (χ0n) is 16.4. The lowest BCUT2D eigenvalue weighted by Crippen LogP contribution is -2.46. The molecule has 1 aliphatic rings. The van der Waals surface area contributed by atoms with Crippen LogP contribution in [-0.2, 0) is 16.0 Å². The molecule has 0 spiro atoms. The van der Waals surface area contributed by atoms with Gasteiger partial charge in [0.15, 0.2) is 15.6 Å². The molecule has 1 fully saturated rings. The minimum Gasteiger partial charge on any atom is -0.292 e. The third-order valence-electron chi connectivity index (χ3n) is 5.87. The van der Waals surface area contributed by atoms with Crippen LogP contribution < -0.4 is 0 Å². The lowest BCUT2D eigenvalue weighted by atomic mass is 9.67. The predicted molar refractivity (Wildman–Crippen MR) is 107 cm³/mol. The molecule has 4 nitrogen and oxygen atoms in total. The highest BCUT2D eigenvalue weighted by Crippen LogP contribution is 2.48. The maximum atomic E-state index is 13.1. The topological polar surface area (TPSA) is 64.1 Å². The van der Waals surface area contributed by atoms with Crippen molar-refractivity contribution in [2.45, 2.75) is 48.9 Å². The average Bonchev–Trinajstić information content (AvgIpc) is 2.63. The van der Waals surface area contributed by atoms with Crippen LogP contribution in [0, 0.1) is 11.8 Å². The number of hydrogen-bond donors (Lipinski definition) is 0.